The average Bonchev–Trinajstić information content (AvgIpc) is 3.15. The zero-order chi connectivity index (χ0) is 14.8. The van der Waals surface area contributed by atoms with Crippen molar-refractivity contribution in [3.8, 4) is 0 Å². The van der Waals surface area contributed by atoms with E-state index in [2.05, 4.69) is 0 Å². The van der Waals surface area contributed by atoms with Crippen molar-refractivity contribution in [2.24, 2.45) is 0 Å². The van der Waals surface area contributed by atoms with E-state index in [1.807, 2.05) is 6.07 Å². The number of rotatable bonds is 5. The van der Waals surface area contributed by atoms with Gasteiger partial charge in [0, 0.05) is 13.2 Å². The summed E-state index contributed by atoms with van der Waals surface area (Å²) in [5, 5.41) is 9.81. The van der Waals surface area contributed by atoms with Crippen LogP contribution in [-0.2, 0) is 20.8 Å². The molecular formula is C14H16ClNO5. The molecule has 7 heteroatoms. The van der Waals surface area contributed by atoms with Crippen molar-refractivity contribution in [1.29, 1.82) is 0 Å². The number of cyclic esters (lactones) is 1. The fraction of sp³-hybridized carbons (Fsp3) is 0.500. The van der Waals surface area contributed by atoms with Crippen molar-refractivity contribution in [1.82, 2.24) is 4.90 Å². The number of hydrogen-bond donors (Lipinski definition) is 1. The lowest BCUT2D eigenvalue weighted by atomic mass is 10.2. The van der Waals surface area contributed by atoms with Gasteiger partial charge in [-0.1, -0.05) is 11.6 Å². The Hall–Kier alpha value is -1.50. The van der Waals surface area contributed by atoms with Gasteiger partial charge in [0.1, 0.15) is 11.5 Å². The molecule has 0 spiro atoms. The molecule has 6 nitrogen and oxygen atoms in total. The quantitative estimate of drug-likeness (QED) is 0.832. The third-order valence-electron chi connectivity index (χ3n) is 3.57. The number of esters is 1. The molecule has 2 aliphatic heterocycles. The number of ether oxygens (including phenoxy) is 2. The van der Waals surface area contributed by atoms with E-state index in [0.29, 0.717) is 18.8 Å². The summed E-state index contributed by atoms with van der Waals surface area (Å²) in [6.07, 6.45) is 2.21. The fourth-order valence-corrected chi connectivity index (χ4v) is 2.85. The summed E-state index contributed by atoms with van der Waals surface area (Å²) in [6.45, 7) is 1.62. The second kappa shape index (κ2) is 6.09. The van der Waals surface area contributed by atoms with Gasteiger partial charge in [0.15, 0.2) is 5.03 Å². The molecule has 2 aliphatic rings. The molecule has 2 unspecified atom stereocenters. The summed E-state index contributed by atoms with van der Waals surface area (Å²) in [7, 11) is 0. The van der Waals surface area contributed by atoms with Crippen LogP contribution >= 0.6 is 11.6 Å². The van der Waals surface area contributed by atoms with E-state index in [1.54, 1.807) is 17.2 Å². The van der Waals surface area contributed by atoms with Gasteiger partial charge in [0.25, 0.3) is 0 Å². The van der Waals surface area contributed by atoms with Crippen molar-refractivity contribution in [3.05, 3.63) is 34.9 Å². The van der Waals surface area contributed by atoms with Crippen molar-refractivity contribution >= 4 is 17.6 Å². The third kappa shape index (κ3) is 3.07. The highest BCUT2D eigenvalue weighted by Crippen LogP contribution is 2.30. The number of carbonyl (C=O) groups is 1. The molecule has 1 N–H and O–H groups in total. The van der Waals surface area contributed by atoms with Gasteiger partial charge in [-0.15, -0.1) is 0 Å². The minimum absolute atomic E-state index is 0.0415. The topological polar surface area (TPSA) is 72.1 Å². The number of furan rings is 1. The lowest BCUT2D eigenvalue weighted by Crippen LogP contribution is -2.35. The molecule has 114 valence electrons. The number of hydrogen-bond acceptors (Lipinski definition) is 6. The minimum atomic E-state index is -1.35. The highest BCUT2D eigenvalue weighted by Gasteiger charge is 2.37. The van der Waals surface area contributed by atoms with Crippen LogP contribution in [0, 0.1) is 0 Å². The Kier molecular flexibility index (Phi) is 4.19. The molecule has 3 rings (SSSR count). The molecule has 2 atom stereocenters. The highest BCUT2D eigenvalue weighted by molar-refractivity contribution is 6.42. The van der Waals surface area contributed by atoms with Crippen molar-refractivity contribution in [2.45, 2.75) is 31.8 Å². The lowest BCUT2D eigenvalue weighted by Gasteiger charge is -2.28. The first-order chi connectivity index (χ1) is 10.1. The number of carbonyl (C=O) groups excluding carboxylic acids is 1. The molecule has 1 aromatic rings. The van der Waals surface area contributed by atoms with Crippen molar-refractivity contribution < 1.29 is 23.8 Å². The Bertz CT molecular complexity index is 536. The molecular weight excluding hydrogens is 298 g/mol. The zero-order valence-electron chi connectivity index (χ0n) is 11.3. The van der Waals surface area contributed by atoms with Crippen LogP contribution in [0.2, 0.25) is 0 Å². The van der Waals surface area contributed by atoms with Crippen LogP contribution in [-0.4, -0.2) is 41.5 Å². The molecule has 3 heterocycles. The second-order valence-electron chi connectivity index (χ2n) is 5.05. The van der Waals surface area contributed by atoms with Gasteiger partial charge < -0.3 is 23.9 Å². The lowest BCUT2D eigenvalue weighted by molar-refractivity contribution is -0.153. The summed E-state index contributed by atoms with van der Waals surface area (Å²) in [5.74, 6) is -0.00698. The van der Waals surface area contributed by atoms with Crippen LogP contribution in [0.25, 0.3) is 0 Å². The Morgan fingerprint density at radius 3 is 2.90 bits per heavy atom. The Morgan fingerprint density at radius 1 is 1.48 bits per heavy atom. The van der Waals surface area contributed by atoms with E-state index in [1.165, 1.54) is 0 Å². The van der Waals surface area contributed by atoms with Crippen LogP contribution in [0.15, 0.2) is 33.5 Å². The van der Waals surface area contributed by atoms with Gasteiger partial charge in [0.2, 0.25) is 6.29 Å². The number of nitrogens with zero attached hydrogens (tertiary/aromatic N) is 1. The molecule has 0 aromatic carbocycles. The first kappa shape index (κ1) is 14.4. The molecule has 1 aromatic heterocycles. The second-order valence-corrected chi connectivity index (χ2v) is 5.43. The van der Waals surface area contributed by atoms with Gasteiger partial charge in [-0.2, -0.15) is 0 Å². The van der Waals surface area contributed by atoms with Crippen LogP contribution < -0.4 is 0 Å². The molecule has 1 fully saturated rings. The molecule has 0 amide bonds. The predicted molar refractivity (Wildman–Crippen MR) is 73.1 cm³/mol. The minimum Gasteiger partial charge on any atom is -0.467 e. The maximum atomic E-state index is 11.5. The van der Waals surface area contributed by atoms with E-state index in [-0.39, 0.29) is 16.8 Å². The van der Waals surface area contributed by atoms with E-state index in [9.17, 15) is 9.90 Å². The molecule has 0 saturated carbocycles. The first-order valence-corrected chi connectivity index (χ1v) is 7.20. The van der Waals surface area contributed by atoms with Crippen LogP contribution in [0.5, 0.6) is 0 Å². The smallest absolute Gasteiger partial charge is 0.354 e. The van der Waals surface area contributed by atoms with Gasteiger partial charge in [-0.3, -0.25) is 0 Å². The average molecular weight is 314 g/mol. The van der Waals surface area contributed by atoms with Gasteiger partial charge in [-0.05, 0) is 25.0 Å². The molecule has 0 bridgehead atoms. The molecule has 0 aliphatic carbocycles. The normalized spacial score (nSPS) is 25.5. The van der Waals surface area contributed by atoms with E-state index < -0.39 is 12.3 Å². The zero-order valence-corrected chi connectivity index (χ0v) is 12.1. The summed E-state index contributed by atoms with van der Waals surface area (Å²) in [6, 6.07) is 3.60. The van der Waals surface area contributed by atoms with E-state index in [4.69, 9.17) is 25.5 Å². The van der Waals surface area contributed by atoms with Gasteiger partial charge >= 0.3 is 5.97 Å². The first-order valence-electron chi connectivity index (χ1n) is 6.83. The number of aliphatic hydroxyl groups is 1. The molecule has 21 heavy (non-hydrogen) atoms. The summed E-state index contributed by atoms with van der Waals surface area (Å²) in [5.41, 5.74) is 0.272. The van der Waals surface area contributed by atoms with Gasteiger partial charge in [0.05, 0.1) is 18.9 Å². The largest absolute Gasteiger partial charge is 0.467 e. The van der Waals surface area contributed by atoms with Crippen LogP contribution in [0.1, 0.15) is 18.6 Å². The molecule has 1 saturated heterocycles. The Labute approximate surface area is 126 Å². The van der Waals surface area contributed by atoms with Crippen molar-refractivity contribution in [2.75, 3.05) is 13.2 Å². The number of aliphatic hydroxyl groups excluding tert-OH is 1. The van der Waals surface area contributed by atoms with E-state index >= 15 is 0 Å². The van der Waals surface area contributed by atoms with Crippen molar-refractivity contribution in [3.63, 3.8) is 0 Å². The van der Waals surface area contributed by atoms with E-state index in [0.717, 1.165) is 19.4 Å². The number of halogens is 1. The standard InChI is InChI=1S/C14H16ClNO5/c15-11-12(14(18)21-13(11)17)16(7-9-3-1-5-19-9)8-10-4-2-6-20-10/h1,3,5,10,14,18H,2,4,6-8H2. The highest BCUT2D eigenvalue weighted by atomic mass is 35.5. The molecule has 0 radical (unpaired) electrons. The maximum Gasteiger partial charge on any atom is 0.354 e. The Balaban J connectivity index is 1.82. The SMILES string of the molecule is O=C1OC(O)C(N(Cc2ccco2)CC2CCCO2)=C1Cl. The third-order valence-corrected chi connectivity index (χ3v) is 3.92. The fourth-order valence-electron chi connectivity index (χ4n) is 2.59. The predicted octanol–water partition coefficient (Wildman–Crippen LogP) is 1.59. The summed E-state index contributed by atoms with van der Waals surface area (Å²) in [4.78, 5) is 13.3. The van der Waals surface area contributed by atoms with Crippen LogP contribution in [0.3, 0.4) is 0 Å². The monoisotopic (exact) mass is 313 g/mol. The summed E-state index contributed by atoms with van der Waals surface area (Å²) >= 11 is 5.98. The summed E-state index contributed by atoms with van der Waals surface area (Å²) < 4.78 is 15.7. The maximum absolute atomic E-state index is 11.5. The Morgan fingerprint density at radius 2 is 2.33 bits per heavy atom. The van der Waals surface area contributed by atoms with Crippen LogP contribution in [0.4, 0.5) is 0 Å². The van der Waals surface area contributed by atoms with Gasteiger partial charge in [-0.25, -0.2) is 4.79 Å².